The van der Waals surface area contributed by atoms with Gasteiger partial charge in [0.05, 0.1) is 13.2 Å². The van der Waals surface area contributed by atoms with E-state index in [2.05, 4.69) is 20.8 Å². The Balaban J connectivity index is 0. The second-order valence-electron chi connectivity index (χ2n) is 5.00. The maximum atomic E-state index is 10.9. The van der Waals surface area contributed by atoms with Crippen molar-refractivity contribution in [2.75, 3.05) is 13.2 Å². The van der Waals surface area contributed by atoms with Gasteiger partial charge in [0.15, 0.2) is 0 Å². The van der Waals surface area contributed by atoms with E-state index < -0.39 is 0 Å². The average molecular weight is 302 g/mol. The number of carbonyl (C=O) groups excluding carboxylic acids is 2. The summed E-state index contributed by atoms with van der Waals surface area (Å²) in [5, 5.41) is 0. The van der Waals surface area contributed by atoms with Gasteiger partial charge < -0.3 is 9.47 Å². The van der Waals surface area contributed by atoms with Gasteiger partial charge >= 0.3 is 11.9 Å². The fraction of sp³-hybridized carbons (Fsp3) is 0.882. The predicted molar refractivity (Wildman–Crippen MR) is 86.2 cm³/mol. The van der Waals surface area contributed by atoms with E-state index in [1.807, 2.05) is 6.92 Å². The molecule has 0 rings (SSSR count). The minimum absolute atomic E-state index is 0.0414. The van der Waals surface area contributed by atoms with Gasteiger partial charge in [-0.1, -0.05) is 47.0 Å². The third-order valence-electron chi connectivity index (χ3n) is 2.70. The van der Waals surface area contributed by atoms with Gasteiger partial charge in [0.1, 0.15) is 0 Å². The van der Waals surface area contributed by atoms with Crippen LogP contribution in [0.25, 0.3) is 0 Å². The monoisotopic (exact) mass is 302 g/mol. The van der Waals surface area contributed by atoms with Crippen molar-refractivity contribution >= 4 is 11.9 Å². The second-order valence-corrected chi connectivity index (χ2v) is 5.00. The highest BCUT2D eigenvalue weighted by Gasteiger charge is 1.99. The largest absolute Gasteiger partial charge is 0.466 e. The van der Waals surface area contributed by atoms with Crippen LogP contribution in [0.15, 0.2) is 0 Å². The van der Waals surface area contributed by atoms with Gasteiger partial charge in [-0.3, -0.25) is 9.59 Å². The minimum Gasteiger partial charge on any atom is -0.466 e. The molecule has 0 aliphatic heterocycles. The molecule has 4 heteroatoms. The van der Waals surface area contributed by atoms with E-state index in [0.717, 1.165) is 44.9 Å². The predicted octanol–water partition coefficient (Wildman–Crippen LogP) is 4.65. The van der Waals surface area contributed by atoms with Crippen LogP contribution in [0.3, 0.4) is 0 Å². The topological polar surface area (TPSA) is 52.6 Å². The normalized spacial score (nSPS) is 9.52. The maximum absolute atomic E-state index is 10.9. The summed E-state index contributed by atoms with van der Waals surface area (Å²) >= 11 is 0. The van der Waals surface area contributed by atoms with Crippen molar-refractivity contribution < 1.29 is 19.1 Å². The molecule has 0 amide bonds. The number of carbonyl (C=O) groups is 2. The van der Waals surface area contributed by atoms with Crippen molar-refractivity contribution in [3.8, 4) is 0 Å². The molecule has 0 aromatic carbocycles. The zero-order valence-electron chi connectivity index (χ0n) is 14.4. The molecule has 126 valence electrons. The summed E-state index contributed by atoms with van der Waals surface area (Å²) in [6.45, 7) is 9.38. The van der Waals surface area contributed by atoms with E-state index >= 15 is 0 Å². The molecule has 0 unspecified atom stereocenters. The van der Waals surface area contributed by atoms with E-state index in [1.165, 1.54) is 0 Å². The molecule has 0 aliphatic carbocycles. The van der Waals surface area contributed by atoms with Crippen LogP contribution in [-0.4, -0.2) is 25.2 Å². The molecule has 0 saturated heterocycles. The molecule has 0 aromatic heterocycles. The summed E-state index contributed by atoms with van der Waals surface area (Å²) < 4.78 is 9.80. The van der Waals surface area contributed by atoms with E-state index in [9.17, 15) is 9.59 Å². The molecule has 4 nitrogen and oxygen atoms in total. The van der Waals surface area contributed by atoms with Crippen molar-refractivity contribution in [1.29, 1.82) is 0 Å². The van der Waals surface area contributed by atoms with Gasteiger partial charge in [-0.05, 0) is 25.7 Å². The van der Waals surface area contributed by atoms with Crippen LogP contribution >= 0.6 is 0 Å². The lowest BCUT2D eigenvalue weighted by atomic mass is 10.2. The van der Waals surface area contributed by atoms with Gasteiger partial charge in [0, 0.05) is 12.8 Å². The Morgan fingerprint density at radius 3 is 1.43 bits per heavy atom. The number of unbranched alkanes of at least 4 members (excludes halogenated alkanes) is 3. The number of ether oxygens (including phenoxy) is 2. The summed E-state index contributed by atoms with van der Waals surface area (Å²) in [7, 11) is 0. The molecule has 0 fully saturated rings. The first-order valence-corrected chi connectivity index (χ1v) is 8.43. The Kier molecular flexibility index (Phi) is 20.0. The van der Waals surface area contributed by atoms with Gasteiger partial charge in [0.25, 0.3) is 0 Å². The Morgan fingerprint density at radius 2 is 1.05 bits per heavy atom. The van der Waals surface area contributed by atoms with Crippen LogP contribution in [0.2, 0.25) is 0 Å². The summed E-state index contributed by atoms with van der Waals surface area (Å²) in [5.74, 6) is -0.0935. The van der Waals surface area contributed by atoms with Crippen molar-refractivity contribution in [2.24, 2.45) is 0 Å². The smallest absolute Gasteiger partial charge is 0.305 e. The molecule has 0 spiro atoms. The molecule has 0 aliphatic rings. The summed E-state index contributed by atoms with van der Waals surface area (Å²) in [4.78, 5) is 21.6. The lowest BCUT2D eigenvalue weighted by Gasteiger charge is -2.01. The van der Waals surface area contributed by atoms with Crippen molar-refractivity contribution in [3.05, 3.63) is 0 Å². The zero-order valence-corrected chi connectivity index (χ0v) is 14.4. The van der Waals surface area contributed by atoms with Crippen molar-refractivity contribution in [1.82, 2.24) is 0 Å². The number of rotatable bonds is 11. The molecule has 0 radical (unpaired) electrons. The lowest BCUT2D eigenvalue weighted by Crippen LogP contribution is -2.04. The Morgan fingerprint density at radius 1 is 0.619 bits per heavy atom. The summed E-state index contributed by atoms with van der Waals surface area (Å²) in [5.41, 5.74) is 0. The Hall–Kier alpha value is -1.06. The van der Waals surface area contributed by atoms with E-state index in [0.29, 0.717) is 26.1 Å². The lowest BCUT2D eigenvalue weighted by molar-refractivity contribution is -0.144. The number of esters is 2. The fourth-order valence-corrected chi connectivity index (χ4v) is 1.33. The molecular formula is C17H34O4. The maximum Gasteiger partial charge on any atom is 0.305 e. The highest BCUT2D eigenvalue weighted by molar-refractivity contribution is 5.69. The number of hydrogen-bond acceptors (Lipinski definition) is 4. The van der Waals surface area contributed by atoms with Crippen LogP contribution in [0.4, 0.5) is 0 Å². The number of hydrogen-bond donors (Lipinski definition) is 0. The van der Waals surface area contributed by atoms with Crippen LogP contribution in [0.5, 0.6) is 0 Å². The molecule has 0 N–H and O–H groups in total. The van der Waals surface area contributed by atoms with Crippen molar-refractivity contribution in [3.63, 3.8) is 0 Å². The SMILES string of the molecule is CCCCC(=O)OCCC.CCCCOC(=O)CCCC. The molecular weight excluding hydrogens is 268 g/mol. The van der Waals surface area contributed by atoms with Crippen LogP contribution in [-0.2, 0) is 19.1 Å². The fourth-order valence-electron chi connectivity index (χ4n) is 1.33. The third kappa shape index (κ3) is 21.4. The molecule has 0 aromatic rings. The van der Waals surface area contributed by atoms with Crippen LogP contribution in [0.1, 0.15) is 85.5 Å². The van der Waals surface area contributed by atoms with Crippen LogP contribution < -0.4 is 0 Å². The van der Waals surface area contributed by atoms with E-state index in [1.54, 1.807) is 0 Å². The Labute approximate surface area is 130 Å². The quantitative estimate of drug-likeness (QED) is 0.412. The molecule has 0 heterocycles. The second kappa shape index (κ2) is 18.9. The first-order valence-electron chi connectivity index (χ1n) is 8.43. The summed E-state index contributed by atoms with van der Waals surface area (Å²) in [6.07, 6.45) is 8.16. The van der Waals surface area contributed by atoms with Gasteiger partial charge in [0.2, 0.25) is 0 Å². The summed E-state index contributed by atoms with van der Waals surface area (Å²) in [6, 6.07) is 0. The van der Waals surface area contributed by atoms with Crippen LogP contribution in [0, 0.1) is 0 Å². The van der Waals surface area contributed by atoms with Gasteiger partial charge in [-0.25, -0.2) is 0 Å². The third-order valence-corrected chi connectivity index (χ3v) is 2.70. The van der Waals surface area contributed by atoms with E-state index in [4.69, 9.17) is 9.47 Å². The minimum atomic E-state index is -0.0521. The Bertz CT molecular complexity index is 229. The standard InChI is InChI=1S/C9H18O2.C8H16O2/c1-3-5-7-9(10)11-8-6-4-2;1-3-5-6-8(9)10-7-4-2/h3-8H2,1-2H3;3-7H2,1-2H3. The van der Waals surface area contributed by atoms with Crippen molar-refractivity contribution in [2.45, 2.75) is 85.5 Å². The average Bonchev–Trinajstić information content (AvgIpc) is 2.49. The zero-order chi connectivity index (χ0) is 16.3. The van der Waals surface area contributed by atoms with E-state index in [-0.39, 0.29) is 11.9 Å². The highest BCUT2D eigenvalue weighted by atomic mass is 16.5. The molecule has 0 saturated carbocycles. The molecule has 0 bridgehead atoms. The van der Waals surface area contributed by atoms with Gasteiger partial charge in [-0.2, -0.15) is 0 Å². The van der Waals surface area contributed by atoms with Gasteiger partial charge in [-0.15, -0.1) is 0 Å². The molecule has 21 heavy (non-hydrogen) atoms. The first-order chi connectivity index (χ1) is 10.1. The molecule has 0 atom stereocenters. The first kappa shape index (κ1) is 22.2. The highest BCUT2D eigenvalue weighted by Crippen LogP contribution is 1.98.